The molecule has 0 heterocycles. The Balaban J connectivity index is -0.0000000156. The predicted molar refractivity (Wildman–Crippen MR) is 319 cm³/mol. The van der Waals surface area contributed by atoms with Gasteiger partial charge in [0.25, 0.3) is 6.47 Å². The Morgan fingerprint density at radius 1 is 0.602 bits per heavy atom. The molecular formula is C53H103BBr2F9K2Na2O14. The first-order valence-electron chi connectivity index (χ1n) is 22.4. The summed E-state index contributed by atoms with van der Waals surface area (Å²) < 4.78 is 105. The van der Waals surface area contributed by atoms with Crippen LogP contribution in [0, 0.1) is 24.2 Å². The molecule has 483 valence electrons. The molecule has 0 bridgehead atoms. The number of terminal acetylenes is 1. The van der Waals surface area contributed by atoms with E-state index in [1.165, 1.54) is 60.0 Å². The van der Waals surface area contributed by atoms with Crippen molar-refractivity contribution < 1.29 is 273 Å². The van der Waals surface area contributed by atoms with Gasteiger partial charge in [0.2, 0.25) is 0 Å². The Hall–Kier alpha value is 0.158. The van der Waals surface area contributed by atoms with E-state index < -0.39 is 41.7 Å². The number of carboxylic acid groups (broad SMARTS) is 1. The maximum atomic E-state index is 11.3. The molecule has 0 aromatic carbocycles. The zero-order valence-corrected chi connectivity index (χ0v) is 69.5. The van der Waals surface area contributed by atoms with E-state index in [-0.39, 0.29) is 226 Å². The third-order valence-electron chi connectivity index (χ3n) is 2.67. The molecular weight excluding hydrogens is 1330 g/mol. The molecule has 3 radical (unpaired) electrons. The molecule has 14 nitrogen and oxygen atoms in total. The summed E-state index contributed by atoms with van der Waals surface area (Å²) in [6, 6.07) is 0. The molecule has 0 aromatic heterocycles. The van der Waals surface area contributed by atoms with Gasteiger partial charge in [-0.15, -0.1) is 41.2 Å². The first-order valence-corrected chi connectivity index (χ1v) is 23.5. The number of aliphatic carboxylic acids is 1. The monoisotopic (exact) mass is 1430 g/mol. The van der Waals surface area contributed by atoms with Crippen LogP contribution in [-0.2, 0) is 47.9 Å². The van der Waals surface area contributed by atoms with Crippen LogP contribution in [0.2, 0.25) is 0 Å². The average Bonchev–Trinajstić information content (AvgIpc) is 3.36. The first kappa shape index (κ1) is 172. The molecule has 0 aromatic rings. The van der Waals surface area contributed by atoms with E-state index >= 15 is 0 Å². The first-order chi connectivity index (χ1) is 35.3. The van der Waals surface area contributed by atoms with Crippen molar-refractivity contribution in [2.45, 2.75) is 173 Å². The number of hydrogen-bond acceptors (Lipinski definition) is 13. The molecule has 0 aliphatic rings. The number of allylic oxidation sites excluding steroid dienone is 7. The number of aldehydes is 2. The van der Waals surface area contributed by atoms with Crippen LogP contribution in [0.3, 0.4) is 0 Å². The van der Waals surface area contributed by atoms with Crippen molar-refractivity contribution in [1.82, 2.24) is 0 Å². The number of methoxy groups -OCH3 is 2. The molecule has 30 heteroatoms. The third-order valence-corrected chi connectivity index (χ3v) is 2.67. The topological polar surface area (TPSA) is 241 Å². The summed E-state index contributed by atoms with van der Waals surface area (Å²) >= 11 is 3.15. The number of ketones is 2. The van der Waals surface area contributed by atoms with Crippen molar-refractivity contribution >= 4 is 83.9 Å². The van der Waals surface area contributed by atoms with Gasteiger partial charge in [0, 0.05) is 46.2 Å². The van der Waals surface area contributed by atoms with Gasteiger partial charge in [-0.1, -0.05) is 96.5 Å². The summed E-state index contributed by atoms with van der Waals surface area (Å²) in [5.74, 6) is 3.80. The van der Waals surface area contributed by atoms with Gasteiger partial charge in [-0.25, -0.2) is 22.8 Å². The van der Waals surface area contributed by atoms with Crippen molar-refractivity contribution in [3.8, 4) is 24.2 Å². The van der Waals surface area contributed by atoms with Gasteiger partial charge >= 0.3 is 192 Å². The number of carbonyl (C=O) groups is 7. The summed E-state index contributed by atoms with van der Waals surface area (Å²) in [7, 11) is 3.03. The van der Waals surface area contributed by atoms with Crippen LogP contribution in [0.25, 0.3) is 0 Å². The fraction of sp³-hybridized carbons (Fsp3) is 0.566. The molecule has 0 saturated carbocycles. The Labute approximate surface area is 650 Å². The van der Waals surface area contributed by atoms with Crippen molar-refractivity contribution in [1.29, 1.82) is 0 Å². The van der Waals surface area contributed by atoms with E-state index in [2.05, 4.69) is 54.5 Å². The molecule has 0 saturated heterocycles. The molecule has 0 rings (SSSR count). The van der Waals surface area contributed by atoms with Crippen LogP contribution in [0.1, 0.15) is 176 Å². The Kier molecular flexibility index (Phi) is 483. The molecule has 83 heavy (non-hydrogen) atoms. The standard InChI is InChI=1S/C5H8O2.C5H8O.C4H6F2.C4H6O2.C4H6.C3H3F3.C3H8O.C3H6O.C3H4.C2H5Br.C2F4.C2H6O.2C2H4O.4C2H6.CH2O3.B.BrH.2K.2Na.H2O.2H/c1-3-4-5(6)7-2;1-3-4-5(2)6;1-3(5)4(2)6;1-2-3-4(5)6;1-3-4-2;1-2(4)3(5)6;1-3-4-2;1-3(2)4;1-3-2;1-2-3;3-1(4)2(5)6;3*1-2-3;4*1-2;2-1-4-3;;;;;;;;;/h3-4H,1-2H3;3-4H,1-2H3;1-2H3;2-3H,1H3,(H,5,6);1-2H3;1H3;3H2,1-2H3;1-2H3;1H,2H3;2H2,1H3;;3H,2H2,1H3;2*2H,1H3;4*1-2H3;1,3H;;1H;;;;;1H2;;/q;;;;;;;;;;;;;;;;;;;;;4*+1;;2*-1/p-2/b3*4-3+;3-2+;;;;;;;;;;;;;;;;;;;;;;;;. The molecule has 0 fully saturated rings. The predicted octanol–water partition coefficient (Wildman–Crippen LogP) is 4.31. The molecule has 0 spiro atoms. The summed E-state index contributed by atoms with van der Waals surface area (Å²) in [6.07, 6.45) is 6.84. The molecule has 0 unspecified atom stereocenters. The summed E-state index contributed by atoms with van der Waals surface area (Å²) in [5.41, 5.74) is 0. The number of ether oxygens (including phenoxy) is 2. The number of aliphatic hydroxyl groups excluding tert-OH is 1. The number of halogens is 11. The Bertz CT molecular complexity index is 1280. The quantitative estimate of drug-likeness (QED) is 0.0449. The zero-order valence-electron chi connectivity index (χ0n) is 58.0. The number of alkyl halides is 1. The minimum Gasteiger partial charge on any atom is -1.00 e. The number of aliphatic hydroxyl groups is 1. The van der Waals surface area contributed by atoms with E-state index in [0.717, 1.165) is 44.4 Å². The zero-order chi connectivity index (χ0) is 66.5. The molecule has 0 amide bonds. The van der Waals surface area contributed by atoms with Gasteiger partial charge in [0.1, 0.15) is 30.0 Å². The average molecular weight is 1430 g/mol. The smallest absolute Gasteiger partial charge is 1.00 e. The number of rotatable bonds is 5. The third kappa shape index (κ3) is 772. The minimum absolute atomic E-state index is 0. The minimum atomic E-state index is -2.91. The second-order valence-electron chi connectivity index (χ2n) is 8.88. The SMILES string of the molecule is Br.C#CC.C/C(F)=C(/C)F.C/C=C/C(=O)O.C/C=C/C(=O)OC.C/C=C/C(C)=O.CC.CC.CC.CC.CC#CC.CC(C)=O.CC(F)=C(F)F.CC=O.CC=O.CCBr.CCO.CCOC.FC(F)=C(F)F.O=CO[O-].[B].[H-].[H-].[K+].[K+].[Na+].[Na+].[OH-]. The van der Waals surface area contributed by atoms with Crippen LogP contribution in [0.15, 0.2) is 72.2 Å². The molecule has 0 aliphatic heterocycles. The van der Waals surface area contributed by atoms with E-state index in [0.29, 0.717) is 6.92 Å². The van der Waals surface area contributed by atoms with E-state index in [1.54, 1.807) is 47.0 Å². The van der Waals surface area contributed by atoms with Crippen molar-refractivity contribution in [3.63, 3.8) is 0 Å². The second-order valence-corrected chi connectivity index (χ2v) is 10.00. The van der Waals surface area contributed by atoms with E-state index in [9.17, 15) is 58.7 Å². The van der Waals surface area contributed by atoms with Crippen molar-refractivity contribution in [2.75, 3.05) is 32.8 Å². The van der Waals surface area contributed by atoms with Crippen molar-refractivity contribution in [3.05, 3.63) is 72.2 Å². The van der Waals surface area contributed by atoms with Crippen LogP contribution >= 0.6 is 32.9 Å². The van der Waals surface area contributed by atoms with Gasteiger partial charge in [-0.05, 0) is 117 Å². The fourth-order valence-electron chi connectivity index (χ4n) is 0.581. The summed E-state index contributed by atoms with van der Waals surface area (Å²) in [5, 5.41) is 24.9. The molecule has 0 atom stereocenters. The summed E-state index contributed by atoms with van der Waals surface area (Å²) in [6.45, 7) is 43.4. The maximum Gasteiger partial charge on any atom is 1.00 e. The maximum absolute atomic E-state index is 11.3. The fourth-order valence-corrected chi connectivity index (χ4v) is 0.581. The largest absolute Gasteiger partial charge is 1.00 e. The van der Waals surface area contributed by atoms with Gasteiger partial charge in [-0.2, -0.15) is 26.3 Å². The van der Waals surface area contributed by atoms with Crippen LogP contribution in [0.4, 0.5) is 39.5 Å². The van der Waals surface area contributed by atoms with Gasteiger partial charge < -0.3 is 52.5 Å². The number of esters is 1. The Morgan fingerprint density at radius 3 is 0.783 bits per heavy atom. The number of hydrogen-bond donors (Lipinski definition) is 2. The van der Waals surface area contributed by atoms with Gasteiger partial charge in [0.15, 0.2) is 11.6 Å². The van der Waals surface area contributed by atoms with Crippen molar-refractivity contribution in [2.24, 2.45) is 0 Å². The van der Waals surface area contributed by atoms with Crippen LogP contribution < -0.4 is 167 Å². The van der Waals surface area contributed by atoms with E-state index in [1.807, 2.05) is 90.0 Å². The van der Waals surface area contributed by atoms with E-state index in [4.69, 9.17) is 29.9 Å². The summed E-state index contributed by atoms with van der Waals surface area (Å²) in [4.78, 5) is 67.9. The Morgan fingerprint density at radius 2 is 0.771 bits per heavy atom. The van der Waals surface area contributed by atoms with Crippen LogP contribution in [0.5, 0.6) is 0 Å². The number of carbonyl (C=O) groups excluding carboxylic acids is 6. The van der Waals surface area contributed by atoms with Gasteiger partial charge in [0.05, 0.1) is 7.11 Å². The second kappa shape index (κ2) is 233. The normalized spacial score (nSPS) is 6.58. The van der Waals surface area contributed by atoms with Crippen LogP contribution in [-0.4, -0.2) is 99.4 Å². The number of Topliss-reactive ketones (excluding diaryl/α,β-unsaturated/α-hetero) is 1. The number of carboxylic acids is 1. The van der Waals surface area contributed by atoms with Gasteiger partial charge in [-0.3, -0.25) is 9.59 Å². The molecule has 3 N–H and O–H groups in total. The molecule has 0 aliphatic carbocycles.